The number of fused-ring (bicyclic) bond motifs is 1. The Morgan fingerprint density at radius 1 is 1.17 bits per heavy atom. The van der Waals surface area contributed by atoms with Gasteiger partial charge >= 0.3 is 0 Å². The van der Waals surface area contributed by atoms with Crippen molar-refractivity contribution in [2.45, 2.75) is 33.1 Å². The number of aliphatic imine (C=N–C) groups is 1. The first-order valence-electron chi connectivity index (χ1n) is 9.00. The van der Waals surface area contributed by atoms with Crippen LogP contribution < -0.4 is 10.6 Å². The standard InChI is InChI=1S/C19H30N4O/c1-3-5-13-24-14-12-22-19(20-4-2)21-11-10-16-15-23-18-9-7-6-8-17(16)18/h6-9,15,23H,3-5,10-14H2,1-2H3,(H2,20,21,22). The highest BCUT2D eigenvalue weighted by molar-refractivity contribution is 5.83. The van der Waals surface area contributed by atoms with Crippen LogP contribution in [0.2, 0.25) is 0 Å². The highest BCUT2D eigenvalue weighted by Gasteiger charge is 2.03. The number of unbranched alkanes of at least 4 members (excludes halogenated alkanes) is 1. The van der Waals surface area contributed by atoms with Gasteiger partial charge in [0.15, 0.2) is 5.96 Å². The number of H-pyrrole nitrogens is 1. The minimum Gasteiger partial charge on any atom is -0.380 e. The predicted octanol–water partition coefficient (Wildman–Crippen LogP) is 3.08. The molecule has 1 aromatic heterocycles. The summed E-state index contributed by atoms with van der Waals surface area (Å²) in [5.41, 5.74) is 2.52. The summed E-state index contributed by atoms with van der Waals surface area (Å²) in [5.74, 6) is 0.858. The molecule has 5 nitrogen and oxygen atoms in total. The Balaban J connectivity index is 1.76. The molecule has 2 aromatic rings. The number of ether oxygens (including phenoxy) is 1. The number of nitrogens with one attached hydrogen (secondary N) is 3. The molecule has 0 amide bonds. The first-order valence-corrected chi connectivity index (χ1v) is 9.00. The fourth-order valence-corrected chi connectivity index (χ4v) is 2.57. The largest absolute Gasteiger partial charge is 0.380 e. The second kappa shape index (κ2) is 10.7. The van der Waals surface area contributed by atoms with Crippen LogP contribution in [0, 0.1) is 0 Å². The molecule has 5 heteroatoms. The van der Waals surface area contributed by atoms with Crippen LogP contribution in [0.4, 0.5) is 0 Å². The van der Waals surface area contributed by atoms with E-state index in [-0.39, 0.29) is 0 Å². The summed E-state index contributed by atoms with van der Waals surface area (Å²) in [7, 11) is 0. The van der Waals surface area contributed by atoms with E-state index in [0.717, 1.165) is 38.5 Å². The van der Waals surface area contributed by atoms with E-state index in [1.165, 1.54) is 22.9 Å². The Kier molecular flexibility index (Phi) is 8.18. The van der Waals surface area contributed by atoms with Gasteiger partial charge in [0.1, 0.15) is 0 Å². The molecular weight excluding hydrogens is 300 g/mol. The van der Waals surface area contributed by atoms with Gasteiger partial charge in [-0.1, -0.05) is 31.5 Å². The molecular formula is C19H30N4O. The summed E-state index contributed by atoms with van der Waals surface area (Å²) >= 11 is 0. The highest BCUT2D eigenvalue weighted by Crippen LogP contribution is 2.17. The summed E-state index contributed by atoms with van der Waals surface area (Å²) in [6, 6.07) is 8.40. The van der Waals surface area contributed by atoms with Crippen LogP contribution in [-0.2, 0) is 11.2 Å². The Bertz CT molecular complexity index is 621. The molecule has 132 valence electrons. The van der Waals surface area contributed by atoms with Gasteiger partial charge in [0.05, 0.1) is 13.2 Å². The van der Waals surface area contributed by atoms with E-state index < -0.39 is 0 Å². The molecule has 0 bridgehead atoms. The van der Waals surface area contributed by atoms with E-state index in [1.54, 1.807) is 0 Å². The number of guanidine groups is 1. The molecule has 1 heterocycles. The van der Waals surface area contributed by atoms with Gasteiger partial charge in [-0.2, -0.15) is 0 Å². The van der Waals surface area contributed by atoms with Crippen LogP contribution in [0.1, 0.15) is 32.3 Å². The van der Waals surface area contributed by atoms with Crippen molar-refractivity contribution in [1.29, 1.82) is 0 Å². The summed E-state index contributed by atoms with van der Waals surface area (Å²) in [6.07, 6.45) is 5.34. The fraction of sp³-hybridized carbons (Fsp3) is 0.526. The molecule has 0 aliphatic carbocycles. The van der Waals surface area contributed by atoms with Gasteiger partial charge < -0.3 is 20.4 Å². The molecule has 0 fully saturated rings. The smallest absolute Gasteiger partial charge is 0.191 e. The highest BCUT2D eigenvalue weighted by atomic mass is 16.5. The number of hydrogen-bond acceptors (Lipinski definition) is 2. The van der Waals surface area contributed by atoms with Gasteiger partial charge in [0.25, 0.3) is 0 Å². The van der Waals surface area contributed by atoms with Gasteiger partial charge in [0.2, 0.25) is 0 Å². The van der Waals surface area contributed by atoms with Crippen molar-refractivity contribution in [3.63, 3.8) is 0 Å². The van der Waals surface area contributed by atoms with Crippen molar-refractivity contribution in [2.75, 3.05) is 32.8 Å². The maximum Gasteiger partial charge on any atom is 0.191 e. The molecule has 0 saturated heterocycles. The summed E-state index contributed by atoms with van der Waals surface area (Å²) in [5, 5.41) is 7.97. The third-order valence-corrected chi connectivity index (χ3v) is 3.85. The zero-order valence-corrected chi connectivity index (χ0v) is 14.9. The number of para-hydroxylation sites is 1. The Hall–Kier alpha value is -2.01. The Morgan fingerprint density at radius 3 is 2.88 bits per heavy atom. The molecule has 2 rings (SSSR count). The topological polar surface area (TPSA) is 61.4 Å². The van der Waals surface area contributed by atoms with Gasteiger partial charge in [-0.05, 0) is 31.4 Å². The average Bonchev–Trinajstić information content (AvgIpc) is 3.01. The number of aromatic nitrogens is 1. The van der Waals surface area contributed by atoms with E-state index in [2.05, 4.69) is 64.9 Å². The lowest BCUT2D eigenvalue weighted by Gasteiger charge is -2.11. The van der Waals surface area contributed by atoms with Crippen molar-refractivity contribution < 1.29 is 4.74 Å². The van der Waals surface area contributed by atoms with Crippen LogP contribution in [0.15, 0.2) is 35.5 Å². The van der Waals surface area contributed by atoms with Crippen LogP contribution in [0.3, 0.4) is 0 Å². The van der Waals surface area contributed by atoms with Gasteiger partial charge in [-0.25, -0.2) is 0 Å². The molecule has 0 radical (unpaired) electrons. The lowest BCUT2D eigenvalue weighted by molar-refractivity contribution is 0.139. The van der Waals surface area contributed by atoms with Gasteiger partial charge in [0, 0.05) is 36.8 Å². The Labute approximate surface area is 144 Å². The monoisotopic (exact) mass is 330 g/mol. The molecule has 0 spiro atoms. The number of nitrogens with zero attached hydrogens (tertiary/aromatic N) is 1. The normalized spacial score (nSPS) is 11.8. The summed E-state index contributed by atoms with van der Waals surface area (Å²) < 4.78 is 5.55. The SMILES string of the molecule is CCCCOCCN=C(NCC)NCCc1c[nH]c2ccccc12. The quantitative estimate of drug-likeness (QED) is 0.356. The van der Waals surface area contributed by atoms with E-state index in [9.17, 15) is 0 Å². The van der Waals surface area contributed by atoms with Crippen molar-refractivity contribution >= 4 is 16.9 Å². The maximum atomic E-state index is 5.55. The molecule has 0 aliphatic heterocycles. The first-order chi connectivity index (χ1) is 11.8. The van der Waals surface area contributed by atoms with Gasteiger partial charge in [-0.3, -0.25) is 4.99 Å². The minimum absolute atomic E-state index is 0.680. The maximum absolute atomic E-state index is 5.55. The zero-order valence-electron chi connectivity index (χ0n) is 14.9. The molecule has 24 heavy (non-hydrogen) atoms. The molecule has 0 saturated carbocycles. The second-order valence-corrected chi connectivity index (χ2v) is 5.76. The third-order valence-electron chi connectivity index (χ3n) is 3.85. The predicted molar refractivity (Wildman–Crippen MR) is 102 cm³/mol. The number of rotatable bonds is 10. The van der Waals surface area contributed by atoms with Gasteiger partial charge in [-0.15, -0.1) is 0 Å². The van der Waals surface area contributed by atoms with Crippen molar-refractivity contribution in [1.82, 2.24) is 15.6 Å². The molecule has 1 aromatic carbocycles. The van der Waals surface area contributed by atoms with E-state index >= 15 is 0 Å². The molecule has 0 aliphatic rings. The average molecular weight is 330 g/mol. The fourth-order valence-electron chi connectivity index (χ4n) is 2.57. The van der Waals surface area contributed by atoms with Crippen LogP contribution in [0.5, 0.6) is 0 Å². The molecule has 0 atom stereocenters. The summed E-state index contributed by atoms with van der Waals surface area (Å²) in [6.45, 7) is 8.15. The Morgan fingerprint density at radius 2 is 2.04 bits per heavy atom. The van der Waals surface area contributed by atoms with Crippen LogP contribution >= 0.6 is 0 Å². The molecule has 3 N–H and O–H groups in total. The van der Waals surface area contributed by atoms with Crippen molar-refractivity contribution in [3.8, 4) is 0 Å². The number of aromatic amines is 1. The van der Waals surface area contributed by atoms with Crippen molar-refractivity contribution in [2.24, 2.45) is 4.99 Å². The van der Waals surface area contributed by atoms with Crippen molar-refractivity contribution in [3.05, 3.63) is 36.0 Å². The van der Waals surface area contributed by atoms with Crippen LogP contribution in [-0.4, -0.2) is 43.8 Å². The summed E-state index contributed by atoms with van der Waals surface area (Å²) in [4.78, 5) is 7.87. The minimum atomic E-state index is 0.680. The zero-order chi connectivity index (χ0) is 17.0. The number of benzene rings is 1. The molecule has 0 unspecified atom stereocenters. The van der Waals surface area contributed by atoms with Crippen LogP contribution in [0.25, 0.3) is 10.9 Å². The first kappa shape index (κ1) is 18.3. The second-order valence-electron chi connectivity index (χ2n) is 5.76. The third kappa shape index (κ3) is 5.89. The van der Waals surface area contributed by atoms with E-state index in [4.69, 9.17) is 4.74 Å². The lowest BCUT2D eigenvalue weighted by Crippen LogP contribution is -2.38. The lowest BCUT2D eigenvalue weighted by atomic mass is 10.1. The number of hydrogen-bond donors (Lipinski definition) is 3. The van der Waals surface area contributed by atoms with E-state index in [1.807, 2.05) is 0 Å². The van der Waals surface area contributed by atoms with E-state index in [0.29, 0.717) is 13.2 Å².